The van der Waals surface area contributed by atoms with E-state index >= 15 is 0 Å². The Labute approximate surface area is 128 Å². The fraction of sp³-hybridized carbons (Fsp3) is 0.125. The maximum absolute atomic E-state index is 11.9. The van der Waals surface area contributed by atoms with Gasteiger partial charge < -0.3 is 4.74 Å². The molecule has 2 aromatic rings. The van der Waals surface area contributed by atoms with E-state index in [1.807, 2.05) is 6.07 Å². The van der Waals surface area contributed by atoms with Crippen molar-refractivity contribution in [3.63, 3.8) is 0 Å². The summed E-state index contributed by atoms with van der Waals surface area (Å²) in [5.74, 6) is -0.553. The van der Waals surface area contributed by atoms with Gasteiger partial charge in [0.15, 0.2) is 9.84 Å². The summed E-state index contributed by atoms with van der Waals surface area (Å²) in [6.45, 7) is 0.0438. The molecule has 0 heterocycles. The molecule has 22 heavy (non-hydrogen) atoms. The second-order valence-corrected chi connectivity index (χ2v) is 6.70. The number of ether oxygens (including phenoxy) is 1. The Kier molecular flexibility index (Phi) is 4.59. The highest BCUT2D eigenvalue weighted by atomic mass is 32.2. The molecule has 0 aromatic heterocycles. The molecule has 0 bridgehead atoms. The normalized spacial score (nSPS) is 10.7. The van der Waals surface area contributed by atoms with Crippen molar-refractivity contribution >= 4 is 15.8 Å². The Morgan fingerprint density at radius 3 is 2.45 bits per heavy atom. The number of hydrogen-bond donors (Lipinski definition) is 0. The molecule has 0 atom stereocenters. The average molecular weight is 315 g/mol. The Balaban J connectivity index is 2.05. The highest BCUT2D eigenvalue weighted by Gasteiger charge is 2.11. The van der Waals surface area contributed by atoms with Crippen molar-refractivity contribution in [1.82, 2.24) is 0 Å². The zero-order chi connectivity index (χ0) is 16.2. The van der Waals surface area contributed by atoms with Crippen LogP contribution in [0.3, 0.4) is 0 Å². The number of esters is 1. The Bertz CT molecular complexity index is 833. The average Bonchev–Trinajstić information content (AvgIpc) is 2.52. The molecule has 0 unspecified atom stereocenters. The van der Waals surface area contributed by atoms with Crippen LogP contribution in [0.25, 0.3) is 0 Å². The van der Waals surface area contributed by atoms with E-state index in [1.165, 1.54) is 24.3 Å². The molecule has 0 aliphatic carbocycles. The van der Waals surface area contributed by atoms with Crippen molar-refractivity contribution in [2.24, 2.45) is 0 Å². The minimum atomic E-state index is -3.29. The summed E-state index contributed by atoms with van der Waals surface area (Å²) < 4.78 is 27.8. The van der Waals surface area contributed by atoms with Gasteiger partial charge in [0.05, 0.1) is 22.1 Å². The Morgan fingerprint density at radius 1 is 1.18 bits per heavy atom. The first kappa shape index (κ1) is 15.7. The molecule has 0 radical (unpaired) electrons. The van der Waals surface area contributed by atoms with Gasteiger partial charge in [0.25, 0.3) is 0 Å². The number of carbonyl (C=O) groups is 1. The largest absolute Gasteiger partial charge is 0.457 e. The van der Waals surface area contributed by atoms with E-state index in [4.69, 9.17) is 10.00 Å². The minimum Gasteiger partial charge on any atom is -0.457 e. The minimum absolute atomic E-state index is 0.0438. The number of sulfone groups is 1. The molecule has 0 fully saturated rings. The molecular formula is C16H13NO4S. The van der Waals surface area contributed by atoms with E-state index < -0.39 is 15.8 Å². The summed E-state index contributed by atoms with van der Waals surface area (Å²) in [5, 5.41) is 8.80. The molecule has 0 spiro atoms. The predicted molar refractivity (Wildman–Crippen MR) is 79.8 cm³/mol. The highest BCUT2D eigenvalue weighted by Crippen LogP contribution is 2.12. The van der Waals surface area contributed by atoms with Crippen LogP contribution in [0.4, 0.5) is 0 Å². The van der Waals surface area contributed by atoms with E-state index in [0.717, 1.165) is 6.26 Å². The zero-order valence-electron chi connectivity index (χ0n) is 11.8. The van der Waals surface area contributed by atoms with Gasteiger partial charge in [0.1, 0.15) is 6.61 Å². The maximum Gasteiger partial charge on any atom is 0.338 e. The Morgan fingerprint density at radius 2 is 1.86 bits per heavy atom. The molecule has 0 amide bonds. The number of rotatable bonds is 4. The standard InChI is InChI=1S/C16H13NO4S/c1-22(19,20)15-7-5-14(6-8-15)16(18)21-11-13-4-2-3-12(9-13)10-17/h2-9H,11H2,1H3. The summed E-state index contributed by atoms with van der Waals surface area (Å²) in [6, 6.07) is 14.3. The van der Waals surface area contributed by atoms with Crippen molar-refractivity contribution in [1.29, 1.82) is 5.26 Å². The van der Waals surface area contributed by atoms with Crippen LogP contribution in [-0.2, 0) is 21.2 Å². The third-order valence-electron chi connectivity index (χ3n) is 2.94. The van der Waals surface area contributed by atoms with Crippen LogP contribution in [0.2, 0.25) is 0 Å². The lowest BCUT2D eigenvalue weighted by atomic mass is 10.1. The van der Waals surface area contributed by atoms with Gasteiger partial charge in [-0.15, -0.1) is 0 Å². The van der Waals surface area contributed by atoms with Crippen molar-refractivity contribution in [3.8, 4) is 6.07 Å². The van der Waals surface area contributed by atoms with Gasteiger partial charge in [-0.1, -0.05) is 12.1 Å². The van der Waals surface area contributed by atoms with Gasteiger partial charge in [-0.2, -0.15) is 5.26 Å². The van der Waals surface area contributed by atoms with Crippen LogP contribution in [0.5, 0.6) is 0 Å². The van der Waals surface area contributed by atoms with Crippen LogP contribution in [0.1, 0.15) is 21.5 Å². The van der Waals surface area contributed by atoms with Crippen LogP contribution < -0.4 is 0 Å². The molecular weight excluding hydrogens is 302 g/mol. The van der Waals surface area contributed by atoms with Gasteiger partial charge in [0, 0.05) is 6.26 Å². The van der Waals surface area contributed by atoms with E-state index in [2.05, 4.69) is 0 Å². The first-order valence-corrected chi connectivity index (χ1v) is 8.25. The fourth-order valence-electron chi connectivity index (χ4n) is 1.80. The molecule has 6 heteroatoms. The van der Waals surface area contributed by atoms with Crippen molar-refractivity contribution in [2.45, 2.75) is 11.5 Å². The maximum atomic E-state index is 11.9. The van der Waals surface area contributed by atoms with Crippen LogP contribution in [0.15, 0.2) is 53.4 Å². The lowest BCUT2D eigenvalue weighted by molar-refractivity contribution is 0.0472. The van der Waals surface area contributed by atoms with Crippen LogP contribution >= 0.6 is 0 Å². The molecule has 112 valence electrons. The number of nitrogens with zero attached hydrogens (tertiary/aromatic N) is 1. The number of carbonyl (C=O) groups excluding carboxylic acids is 1. The van der Waals surface area contributed by atoms with Crippen molar-refractivity contribution in [3.05, 3.63) is 65.2 Å². The molecule has 0 saturated carbocycles. The van der Waals surface area contributed by atoms with Crippen molar-refractivity contribution in [2.75, 3.05) is 6.26 Å². The van der Waals surface area contributed by atoms with E-state index in [9.17, 15) is 13.2 Å². The molecule has 5 nitrogen and oxygen atoms in total. The van der Waals surface area contributed by atoms with Gasteiger partial charge >= 0.3 is 5.97 Å². The Hall–Kier alpha value is -2.65. The number of nitriles is 1. The second kappa shape index (κ2) is 6.41. The molecule has 2 aromatic carbocycles. The summed E-state index contributed by atoms with van der Waals surface area (Å²) in [4.78, 5) is 12.0. The molecule has 0 aliphatic heterocycles. The smallest absolute Gasteiger partial charge is 0.338 e. The van der Waals surface area contributed by atoms with Crippen LogP contribution in [0, 0.1) is 11.3 Å². The summed E-state index contributed by atoms with van der Waals surface area (Å²) >= 11 is 0. The second-order valence-electron chi connectivity index (χ2n) is 4.68. The lowest BCUT2D eigenvalue weighted by Gasteiger charge is -2.06. The lowest BCUT2D eigenvalue weighted by Crippen LogP contribution is -2.06. The summed E-state index contributed by atoms with van der Waals surface area (Å²) in [5.41, 5.74) is 1.47. The van der Waals surface area contributed by atoms with Gasteiger partial charge in [-0.3, -0.25) is 0 Å². The fourth-order valence-corrected chi connectivity index (χ4v) is 2.43. The zero-order valence-corrected chi connectivity index (χ0v) is 12.6. The van der Waals surface area contributed by atoms with E-state index in [0.29, 0.717) is 11.1 Å². The first-order chi connectivity index (χ1) is 10.4. The summed E-state index contributed by atoms with van der Waals surface area (Å²) in [6.07, 6.45) is 1.10. The van der Waals surface area contributed by atoms with Crippen LogP contribution in [-0.4, -0.2) is 20.6 Å². The summed E-state index contributed by atoms with van der Waals surface area (Å²) in [7, 11) is -3.29. The first-order valence-electron chi connectivity index (χ1n) is 6.36. The molecule has 2 rings (SSSR count). The molecule has 0 N–H and O–H groups in total. The van der Waals surface area contributed by atoms with Crippen molar-refractivity contribution < 1.29 is 17.9 Å². The highest BCUT2D eigenvalue weighted by molar-refractivity contribution is 7.90. The monoisotopic (exact) mass is 315 g/mol. The quantitative estimate of drug-likeness (QED) is 0.808. The molecule has 0 aliphatic rings. The predicted octanol–water partition coefficient (Wildman–Crippen LogP) is 2.32. The third kappa shape index (κ3) is 3.93. The number of benzene rings is 2. The van der Waals surface area contributed by atoms with Gasteiger partial charge in [-0.05, 0) is 42.0 Å². The SMILES string of the molecule is CS(=O)(=O)c1ccc(C(=O)OCc2cccc(C#N)c2)cc1. The van der Waals surface area contributed by atoms with Gasteiger partial charge in [0.2, 0.25) is 0 Å². The topological polar surface area (TPSA) is 84.2 Å². The van der Waals surface area contributed by atoms with E-state index in [-0.39, 0.29) is 17.1 Å². The van der Waals surface area contributed by atoms with E-state index in [1.54, 1.807) is 24.3 Å². The molecule has 0 saturated heterocycles. The van der Waals surface area contributed by atoms with Gasteiger partial charge in [-0.25, -0.2) is 13.2 Å². The number of hydrogen-bond acceptors (Lipinski definition) is 5. The third-order valence-corrected chi connectivity index (χ3v) is 4.07.